The minimum Gasteiger partial charge on any atom is -0.506 e. The summed E-state index contributed by atoms with van der Waals surface area (Å²) in [5, 5.41) is 22.3. The van der Waals surface area contributed by atoms with E-state index in [-0.39, 0.29) is 36.2 Å². The fourth-order valence-electron chi connectivity index (χ4n) is 2.92. The molecule has 1 heterocycles. The summed E-state index contributed by atoms with van der Waals surface area (Å²) < 4.78 is 42.0. The van der Waals surface area contributed by atoms with Crippen molar-refractivity contribution in [2.45, 2.75) is 11.4 Å². The molecule has 3 rings (SSSR count). The molecule has 0 radical (unpaired) electrons. The first-order valence-electron chi connectivity index (χ1n) is 9.75. The Labute approximate surface area is 199 Å². The number of nitrogens with zero attached hydrogens (tertiary/aromatic N) is 1. The number of rotatable bonds is 10. The number of pyridine rings is 1. The van der Waals surface area contributed by atoms with Gasteiger partial charge in [-0.25, -0.2) is 17.5 Å². The lowest BCUT2D eigenvalue weighted by atomic mass is 10.1. The van der Waals surface area contributed by atoms with Gasteiger partial charge in [0.2, 0.25) is 10.0 Å². The van der Waals surface area contributed by atoms with Crippen molar-refractivity contribution in [2.75, 3.05) is 24.7 Å². The normalized spacial score (nSPS) is 11.6. The van der Waals surface area contributed by atoms with Crippen LogP contribution >= 0.6 is 23.4 Å². The Balaban J connectivity index is 1.83. The highest BCUT2D eigenvalue weighted by Crippen LogP contribution is 2.31. The highest BCUT2D eigenvalue weighted by Gasteiger charge is 2.21. The van der Waals surface area contributed by atoms with Gasteiger partial charge in [0.1, 0.15) is 16.8 Å². The van der Waals surface area contributed by atoms with Crippen molar-refractivity contribution in [1.29, 1.82) is 0 Å². The number of thioether (sulfide) groups is 1. The average molecular weight is 514 g/mol. The number of aliphatic hydroxyl groups is 1. The zero-order valence-corrected chi connectivity index (χ0v) is 19.6. The van der Waals surface area contributed by atoms with Crippen LogP contribution in [0.25, 0.3) is 10.9 Å². The Kier molecular flexibility index (Phi) is 8.49. The third-order valence-corrected chi connectivity index (χ3v) is 7.22. The molecule has 0 aliphatic carbocycles. The molecule has 0 aliphatic rings. The molecule has 0 saturated carbocycles. The zero-order chi connectivity index (χ0) is 24.0. The van der Waals surface area contributed by atoms with Crippen LogP contribution in [0.5, 0.6) is 5.75 Å². The van der Waals surface area contributed by atoms with E-state index in [9.17, 15) is 22.7 Å². The molecule has 0 spiro atoms. The molecule has 0 aliphatic heterocycles. The van der Waals surface area contributed by atoms with Gasteiger partial charge in [0.15, 0.2) is 5.82 Å². The minimum absolute atomic E-state index is 0.0187. The van der Waals surface area contributed by atoms with Crippen LogP contribution in [0, 0.1) is 5.82 Å². The number of aromatic hydroxyl groups is 1. The summed E-state index contributed by atoms with van der Waals surface area (Å²) in [7, 11) is -4.08. The summed E-state index contributed by atoms with van der Waals surface area (Å²) in [6.07, 6.45) is 1.03. The van der Waals surface area contributed by atoms with E-state index < -0.39 is 32.4 Å². The molecule has 0 unspecified atom stereocenters. The smallest absolute Gasteiger partial charge is 0.256 e. The lowest BCUT2D eigenvalue weighted by Crippen LogP contribution is -2.26. The number of carbonyl (C=O) groups excluding carboxylic acids is 1. The molecule has 0 fully saturated rings. The average Bonchev–Trinajstić information content (AvgIpc) is 2.79. The number of aromatic nitrogens is 1. The van der Waals surface area contributed by atoms with Crippen LogP contribution in [0.15, 0.2) is 47.5 Å². The van der Waals surface area contributed by atoms with Crippen molar-refractivity contribution < 1.29 is 27.8 Å². The Morgan fingerprint density at radius 3 is 2.61 bits per heavy atom. The van der Waals surface area contributed by atoms with Crippen LogP contribution in [0.3, 0.4) is 0 Å². The number of hydrogen-bond acceptors (Lipinski definition) is 7. The van der Waals surface area contributed by atoms with E-state index in [0.29, 0.717) is 16.5 Å². The first kappa shape index (κ1) is 25.2. The Morgan fingerprint density at radius 1 is 1.18 bits per heavy atom. The SMILES string of the molecule is O=C(NCc1ccc(Cl)cc1)c1cnc2c(F)cc(S(=O)(=O)NCCSCCO)cc2c1O. The summed E-state index contributed by atoms with van der Waals surface area (Å²) in [5.74, 6) is -1.31. The van der Waals surface area contributed by atoms with Crippen molar-refractivity contribution in [3.05, 3.63) is 64.6 Å². The van der Waals surface area contributed by atoms with E-state index in [1.807, 2.05) is 0 Å². The van der Waals surface area contributed by atoms with Gasteiger partial charge in [-0.3, -0.25) is 9.78 Å². The van der Waals surface area contributed by atoms with E-state index in [4.69, 9.17) is 16.7 Å². The number of halogens is 2. The van der Waals surface area contributed by atoms with Crippen LogP contribution in [0.4, 0.5) is 4.39 Å². The summed E-state index contributed by atoms with van der Waals surface area (Å²) in [6.45, 7) is 0.202. The topological polar surface area (TPSA) is 129 Å². The first-order valence-corrected chi connectivity index (χ1v) is 12.8. The van der Waals surface area contributed by atoms with Crippen molar-refractivity contribution in [3.63, 3.8) is 0 Å². The number of fused-ring (bicyclic) bond motifs is 1. The molecule has 8 nitrogen and oxygen atoms in total. The predicted molar refractivity (Wildman–Crippen MR) is 126 cm³/mol. The van der Waals surface area contributed by atoms with Crippen molar-refractivity contribution >= 4 is 50.2 Å². The van der Waals surface area contributed by atoms with Gasteiger partial charge >= 0.3 is 0 Å². The van der Waals surface area contributed by atoms with Gasteiger partial charge in [0.05, 0.1) is 11.5 Å². The molecule has 1 aromatic heterocycles. The van der Waals surface area contributed by atoms with Gasteiger partial charge in [-0.1, -0.05) is 23.7 Å². The first-order chi connectivity index (χ1) is 15.7. The lowest BCUT2D eigenvalue weighted by Gasteiger charge is -2.11. The van der Waals surface area contributed by atoms with Crippen LogP contribution in [-0.2, 0) is 16.6 Å². The van der Waals surface area contributed by atoms with Gasteiger partial charge in [0, 0.05) is 41.2 Å². The third kappa shape index (κ3) is 6.33. The fourth-order valence-corrected chi connectivity index (χ4v) is 4.82. The highest BCUT2D eigenvalue weighted by atomic mass is 35.5. The summed E-state index contributed by atoms with van der Waals surface area (Å²) in [6, 6.07) is 8.66. The van der Waals surface area contributed by atoms with Gasteiger partial charge in [-0.2, -0.15) is 11.8 Å². The third-order valence-electron chi connectivity index (χ3n) is 4.57. The number of nitrogens with one attached hydrogen (secondary N) is 2. The molecule has 1 amide bonds. The molecule has 33 heavy (non-hydrogen) atoms. The molecule has 0 saturated heterocycles. The van der Waals surface area contributed by atoms with Crippen LogP contribution in [-0.4, -0.2) is 54.2 Å². The molecule has 0 atom stereocenters. The lowest BCUT2D eigenvalue weighted by molar-refractivity contribution is 0.0948. The van der Waals surface area contributed by atoms with Crippen molar-refractivity contribution in [3.8, 4) is 5.75 Å². The Bertz CT molecular complexity index is 1260. The second-order valence-electron chi connectivity index (χ2n) is 6.86. The maximum Gasteiger partial charge on any atom is 0.256 e. The predicted octanol–water partition coefficient (Wildman–Crippen LogP) is 2.67. The summed E-state index contributed by atoms with van der Waals surface area (Å²) in [4.78, 5) is 16.0. The van der Waals surface area contributed by atoms with E-state index in [1.54, 1.807) is 24.3 Å². The van der Waals surface area contributed by atoms with Crippen molar-refractivity contribution in [1.82, 2.24) is 15.0 Å². The van der Waals surface area contributed by atoms with Gasteiger partial charge in [-0.15, -0.1) is 0 Å². The Morgan fingerprint density at radius 2 is 1.91 bits per heavy atom. The zero-order valence-electron chi connectivity index (χ0n) is 17.2. The number of sulfonamides is 1. The van der Waals surface area contributed by atoms with E-state index in [2.05, 4.69) is 15.0 Å². The van der Waals surface area contributed by atoms with E-state index in [0.717, 1.165) is 23.9 Å². The van der Waals surface area contributed by atoms with Crippen LogP contribution in [0.2, 0.25) is 5.02 Å². The molecule has 176 valence electrons. The molecule has 3 aromatic rings. The fraction of sp³-hybridized carbons (Fsp3) is 0.238. The second kappa shape index (κ2) is 11.1. The largest absolute Gasteiger partial charge is 0.506 e. The van der Waals surface area contributed by atoms with E-state index >= 15 is 0 Å². The monoisotopic (exact) mass is 513 g/mol. The van der Waals surface area contributed by atoms with Crippen LogP contribution < -0.4 is 10.0 Å². The maximum absolute atomic E-state index is 14.6. The molecule has 2 aromatic carbocycles. The van der Waals surface area contributed by atoms with Crippen LogP contribution in [0.1, 0.15) is 15.9 Å². The number of carbonyl (C=O) groups is 1. The van der Waals surface area contributed by atoms with Crippen molar-refractivity contribution in [2.24, 2.45) is 0 Å². The molecule has 12 heteroatoms. The minimum atomic E-state index is -4.08. The molecule has 0 bridgehead atoms. The summed E-state index contributed by atoms with van der Waals surface area (Å²) >= 11 is 7.19. The van der Waals surface area contributed by atoms with Gasteiger partial charge in [-0.05, 0) is 29.8 Å². The number of hydrogen-bond donors (Lipinski definition) is 4. The number of amides is 1. The second-order valence-corrected chi connectivity index (χ2v) is 10.3. The molecular weight excluding hydrogens is 493 g/mol. The standard InChI is InChI=1S/C21H21ClFN3O5S2/c22-14-3-1-13(2-4-14)11-25-21(29)17-12-24-19-16(20(17)28)9-15(10-18(19)23)33(30,31)26-5-7-32-8-6-27/h1-4,9-10,12,26-27H,5-8,11H2,(H,24,28)(H,25,29). The molecular formula is C21H21ClFN3O5S2. The Hall–Kier alpha value is -2.44. The van der Waals surface area contributed by atoms with Gasteiger partial charge in [0.25, 0.3) is 5.91 Å². The van der Waals surface area contributed by atoms with E-state index in [1.165, 1.54) is 11.8 Å². The number of benzene rings is 2. The number of aliphatic hydroxyl groups excluding tert-OH is 1. The highest BCUT2D eigenvalue weighted by molar-refractivity contribution is 7.99. The van der Waals surface area contributed by atoms with Gasteiger partial charge < -0.3 is 15.5 Å². The maximum atomic E-state index is 14.6. The summed E-state index contributed by atoms with van der Waals surface area (Å²) in [5.41, 5.74) is 0.279. The molecule has 4 N–H and O–H groups in total. The quantitative estimate of drug-likeness (QED) is 0.307.